The molecular formula is C11H23N3O3S. The summed E-state index contributed by atoms with van der Waals surface area (Å²) in [7, 11) is -0.255. The minimum atomic E-state index is -3.23. The van der Waals surface area contributed by atoms with E-state index in [1.165, 1.54) is 18.4 Å². The van der Waals surface area contributed by atoms with Gasteiger partial charge in [-0.15, -0.1) is 0 Å². The lowest BCUT2D eigenvalue weighted by atomic mass is 10.00. The summed E-state index contributed by atoms with van der Waals surface area (Å²) in [5, 5.41) is 2.66. The molecule has 0 aromatic heterocycles. The zero-order valence-electron chi connectivity index (χ0n) is 11.3. The van der Waals surface area contributed by atoms with Gasteiger partial charge in [0.25, 0.3) is 0 Å². The average Bonchev–Trinajstić information content (AvgIpc) is 2.29. The Morgan fingerprint density at radius 3 is 2.39 bits per heavy atom. The highest BCUT2D eigenvalue weighted by Crippen LogP contribution is 2.15. The molecule has 0 aromatic carbocycles. The highest BCUT2D eigenvalue weighted by atomic mass is 32.2. The van der Waals surface area contributed by atoms with E-state index >= 15 is 0 Å². The zero-order valence-corrected chi connectivity index (χ0v) is 12.2. The molecule has 106 valence electrons. The first kappa shape index (κ1) is 15.2. The molecule has 2 amide bonds. The summed E-state index contributed by atoms with van der Waals surface area (Å²) >= 11 is 0. The average molecular weight is 277 g/mol. The minimum absolute atomic E-state index is 0.0595. The largest absolute Gasteiger partial charge is 0.337 e. The van der Waals surface area contributed by atoms with Gasteiger partial charge in [0.05, 0.1) is 5.75 Å². The van der Waals surface area contributed by atoms with Crippen LogP contribution in [0.1, 0.15) is 19.8 Å². The lowest BCUT2D eigenvalue weighted by Gasteiger charge is -2.30. The molecule has 0 spiro atoms. The number of nitrogens with zero attached hydrogens (tertiary/aromatic N) is 2. The van der Waals surface area contributed by atoms with E-state index in [9.17, 15) is 13.2 Å². The van der Waals surface area contributed by atoms with E-state index in [0.717, 1.165) is 25.9 Å². The van der Waals surface area contributed by atoms with Gasteiger partial charge in [0.1, 0.15) is 0 Å². The van der Waals surface area contributed by atoms with Gasteiger partial charge in [0.15, 0.2) is 0 Å². The third kappa shape index (κ3) is 4.45. The fourth-order valence-corrected chi connectivity index (χ4v) is 2.52. The molecular weight excluding hydrogens is 254 g/mol. The second-order valence-corrected chi connectivity index (χ2v) is 7.30. The molecule has 18 heavy (non-hydrogen) atoms. The lowest BCUT2D eigenvalue weighted by Crippen LogP contribution is -2.45. The van der Waals surface area contributed by atoms with E-state index in [4.69, 9.17) is 0 Å². The van der Waals surface area contributed by atoms with Crippen molar-refractivity contribution < 1.29 is 13.2 Å². The van der Waals surface area contributed by atoms with Crippen molar-refractivity contribution in [2.45, 2.75) is 19.8 Å². The molecule has 0 unspecified atom stereocenters. The molecule has 7 heteroatoms. The molecule has 0 atom stereocenters. The monoisotopic (exact) mass is 277 g/mol. The standard InChI is InChI=1S/C11H23N3O3S/c1-10-4-7-14(8-5-10)11(15)12-6-9-18(16,17)13(2)3/h10H,4-9H2,1-3H3,(H,12,15). The van der Waals surface area contributed by atoms with Crippen molar-refractivity contribution in [1.29, 1.82) is 0 Å². The van der Waals surface area contributed by atoms with E-state index in [2.05, 4.69) is 12.2 Å². The van der Waals surface area contributed by atoms with Crippen molar-refractivity contribution in [2.75, 3.05) is 39.5 Å². The van der Waals surface area contributed by atoms with Gasteiger partial charge in [-0.05, 0) is 18.8 Å². The number of sulfonamides is 1. The number of carbonyl (C=O) groups is 1. The summed E-state index contributed by atoms with van der Waals surface area (Å²) in [6.07, 6.45) is 2.03. The topological polar surface area (TPSA) is 69.7 Å². The third-order valence-corrected chi connectivity index (χ3v) is 5.10. The molecule has 0 saturated carbocycles. The van der Waals surface area contributed by atoms with Gasteiger partial charge >= 0.3 is 6.03 Å². The predicted octanol–water partition coefficient (Wildman–Crippen LogP) is 0.319. The Kier molecular flexibility index (Phi) is 5.40. The summed E-state index contributed by atoms with van der Waals surface area (Å²) in [5.74, 6) is 0.610. The summed E-state index contributed by atoms with van der Waals surface area (Å²) in [6.45, 7) is 3.85. The normalized spacial score (nSPS) is 18.1. The Labute approximate surface area is 109 Å². The van der Waals surface area contributed by atoms with Gasteiger partial charge in [0.2, 0.25) is 10.0 Å². The highest BCUT2D eigenvalue weighted by Gasteiger charge is 2.20. The number of urea groups is 1. The summed E-state index contributed by atoms with van der Waals surface area (Å²) in [6, 6.07) is -0.157. The molecule has 0 aliphatic carbocycles. The molecule has 6 nitrogen and oxygen atoms in total. The second kappa shape index (κ2) is 6.38. The molecule has 1 N–H and O–H groups in total. The smallest absolute Gasteiger partial charge is 0.317 e. The first-order valence-corrected chi connectivity index (χ1v) is 7.87. The quantitative estimate of drug-likeness (QED) is 0.804. The number of hydrogen-bond acceptors (Lipinski definition) is 3. The van der Waals surface area contributed by atoms with Crippen LogP contribution in [0.3, 0.4) is 0 Å². The molecule has 0 aromatic rings. The number of rotatable bonds is 4. The summed E-state index contributed by atoms with van der Waals surface area (Å²) < 4.78 is 24.2. The zero-order chi connectivity index (χ0) is 13.8. The molecule has 0 radical (unpaired) electrons. The summed E-state index contributed by atoms with van der Waals surface area (Å²) in [5.41, 5.74) is 0. The van der Waals surface area contributed by atoms with E-state index in [0.29, 0.717) is 5.92 Å². The van der Waals surface area contributed by atoms with Crippen LogP contribution in [0.25, 0.3) is 0 Å². The third-order valence-electron chi connectivity index (χ3n) is 3.26. The van der Waals surface area contributed by atoms with Gasteiger partial charge in [0, 0.05) is 33.7 Å². The van der Waals surface area contributed by atoms with Crippen molar-refractivity contribution in [3.63, 3.8) is 0 Å². The van der Waals surface area contributed by atoms with Crippen molar-refractivity contribution in [3.05, 3.63) is 0 Å². The van der Waals surface area contributed by atoms with E-state index in [1.54, 1.807) is 4.90 Å². The van der Waals surface area contributed by atoms with Crippen molar-refractivity contribution in [1.82, 2.24) is 14.5 Å². The first-order chi connectivity index (χ1) is 8.33. The molecule has 1 aliphatic rings. The van der Waals surface area contributed by atoms with Crippen LogP contribution in [0, 0.1) is 5.92 Å². The Balaban J connectivity index is 2.30. The van der Waals surface area contributed by atoms with E-state index in [-0.39, 0.29) is 18.3 Å². The fourth-order valence-electron chi connectivity index (χ4n) is 1.79. The number of amides is 2. The Morgan fingerprint density at radius 2 is 1.89 bits per heavy atom. The minimum Gasteiger partial charge on any atom is -0.337 e. The van der Waals surface area contributed by atoms with Crippen LogP contribution in [0.5, 0.6) is 0 Å². The number of piperidine rings is 1. The maximum atomic E-state index is 11.8. The molecule has 0 bridgehead atoms. The Morgan fingerprint density at radius 1 is 1.33 bits per heavy atom. The van der Waals surface area contributed by atoms with Crippen LogP contribution >= 0.6 is 0 Å². The lowest BCUT2D eigenvalue weighted by molar-refractivity contribution is 0.174. The predicted molar refractivity (Wildman–Crippen MR) is 70.8 cm³/mol. The van der Waals surface area contributed by atoms with Gasteiger partial charge < -0.3 is 10.2 Å². The molecule has 1 heterocycles. The number of likely N-dealkylation sites (tertiary alicyclic amines) is 1. The molecule has 1 rings (SSSR count). The van der Waals surface area contributed by atoms with Crippen molar-refractivity contribution in [3.8, 4) is 0 Å². The Hall–Kier alpha value is -0.820. The summed E-state index contributed by atoms with van der Waals surface area (Å²) in [4.78, 5) is 13.5. The van der Waals surface area contributed by atoms with Gasteiger partial charge in [-0.2, -0.15) is 0 Å². The van der Waals surface area contributed by atoms with Crippen LogP contribution in [-0.2, 0) is 10.0 Å². The number of nitrogens with one attached hydrogen (secondary N) is 1. The molecule has 1 fully saturated rings. The van der Waals surface area contributed by atoms with Crippen LogP contribution in [0.4, 0.5) is 4.79 Å². The van der Waals surface area contributed by atoms with Gasteiger partial charge in [-0.3, -0.25) is 0 Å². The van der Waals surface area contributed by atoms with E-state index < -0.39 is 10.0 Å². The second-order valence-electron chi connectivity index (χ2n) is 5.00. The first-order valence-electron chi connectivity index (χ1n) is 6.26. The highest BCUT2D eigenvalue weighted by molar-refractivity contribution is 7.89. The maximum Gasteiger partial charge on any atom is 0.317 e. The number of hydrogen-bond donors (Lipinski definition) is 1. The van der Waals surface area contributed by atoms with Gasteiger partial charge in [-0.25, -0.2) is 17.5 Å². The molecule has 1 saturated heterocycles. The van der Waals surface area contributed by atoms with Crippen LogP contribution < -0.4 is 5.32 Å². The fraction of sp³-hybridized carbons (Fsp3) is 0.909. The van der Waals surface area contributed by atoms with Crippen LogP contribution in [0.2, 0.25) is 0 Å². The molecule has 1 aliphatic heterocycles. The van der Waals surface area contributed by atoms with Crippen LogP contribution in [-0.4, -0.2) is 63.1 Å². The SMILES string of the molecule is CC1CCN(C(=O)NCCS(=O)(=O)N(C)C)CC1. The van der Waals surface area contributed by atoms with E-state index in [1.807, 2.05) is 0 Å². The van der Waals surface area contributed by atoms with Crippen LogP contribution in [0.15, 0.2) is 0 Å². The van der Waals surface area contributed by atoms with Crippen molar-refractivity contribution >= 4 is 16.1 Å². The number of carbonyl (C=O) groups excluding carboxylic acids is 1. The Bertz CT molecular complexity index is 373. The van der Waals surface area contributed by atoms with Gasteiger partial charge in [-0.1, -0.05) is 6.92 Å². The van der Waals surface area contributed by atoms with Crippen molar-refractivity contribution in [2.24, 2.45) is 5.92 Å². The maximum absolute atomic E-state index is 11.8.